The largest absolute Gasteiger partial charge is 0.379 e. The van der Waals surface area contributed by atoms with E-state index in [1.807, 2.05) is 42.5 Å². The summed E-state index contributed by atoms with van der Waals surface area (Å²) in [5.74, 6) is 0.0148. The molecule has 2 aromatic carbocycles. The third-order valence-electron chi connectivity index (χ3n) is 4.02. The second kappa shape index (κ2) is 7.40. The smallest absolute Gasteiger partial charge is 0.215 e. The second-order valence-corrected chi connectivity index (χ2v) is 7.60. The van der Waals surface area contributed by atoms with E-state index in [1.165, 1.54) is 0 Å². The monoisotopic (exact) mass is 334 g/mol. The molecule has 0 radical (unpaired) electrons. The van der Waals surface area contributed by atoms with Crippen molar-refractivity contribution >= 4 is 20.8 Å². The summed E-state index contributed by atoms with van der Waals surface area (Å²) in [6, 6.07) is 13.7. The van der Waals surface area contributed by atoms with E-state index in [1.54, 1.807) is 0 Å². The van der Waals surface area contributed by atoms with Crippen molar-refractivity contribution in [1.82, 2.24) is 9.62 Å². The molecule has 0 unspecified atom stereocenters. The molecule has 1 fully saturated rings. The maximum atomic E-state index is 12.2. The van der Waals surface area contributed by atoms with Crippen LogP contribution in [0.5, 0.6) is 0 Å². The fourth-order valence-corrected chi connectivity index (χ4v) is 3.91. The molecule has 0 aromatic heterocycles. The molecule has 1 N–H and O–H groups in total. The number of nitrogens with one attached hydrogen (secondary N) is 1. The first-order valence-corrected chi connectivity index (χ1v) is 9.53. The van der Waals surface area contributed by atoms with Crippen LogP contribution in [0.4, 0.5) is 0 Å². The van der Waals surface area contributed by atoms with E-state index in [2.05, 4.69) is 9.62 Å². The van der Waals surface area contributed by atoms with Gasteiger partial charge in [0.2, 0.25) is 10.0 Å². The lowest BCUT2D eigenvalue weighted by Crippen LogP contribution is -2.41. The van der Waals surface area contributed by atoms with Gasteiger partial charge in [0.05, 0.1) is 19.0 Å². The van der Waals surface area contributed by atoms with E-state index in [9.17, 15) is 8.42 Å². The Kier molecular flexibility index (Phi) is 5.27. The van der Waals surface area contributed by atoms with Crippen LogP contribution in [-0.2, 0) is 20.5 Å². The van der Waals surface area contributed by atoms with Gasteiger partial charge in [0.25, 0.3) is 0 Å². The molecule has 0 atom stereocenters. The predicted octanol–water partition coefficient (Wildman–Crippen LogP) is 1.59. The Morgan fingerprint density at radius 1 is 1.04 bits per heavy atom. The minimum Gasteiger partial charge on any atom is -0.379 e. The summed E-state index contributed by atoms with van der Waals surface area (Å²) >= 11 is 0. The van der Waals surface area contributed by atoms with Crippen LogP contribution in [0.1, 0.15) is 5.56 Å². The van der Waals surface area contributed by atoms with Gasteiger partial charge in [-0.05, 0) is 16.3 Å². The molecule has 2 aromatic rings. The van der Waals surface area contributed by atoms with Gasteiger partial charge < -0.3 is 4.74 Å². The average Bonchev–Trinajstić information content (AvgIpc) is 2.55. The normalized spacial score (nSPS) is 16.7. The molecular weight excluding hydrogens is 312 g/mol. The first kappa shape index (κ1) is 16.4. The third kappa shape index (κ3) is 4.75. The summed E-state index contributed by atoms with van der Waals surface area (Å²) < 4.78 is 32.4. The fourth-order valence-electron chi connectivity index (χ4n) is 2.78. The van der Waals surface area contributed by atoms with Crippen molar-refractivity contribution in [2.75, 3.05) is 39.4 Å². The van der Waals surface area contributed by atoms with Crippen molar-refractivity contribution in [2.45, 2.75) is 5.75 Å². The van der Waals surface area contributed by atoms with Crippen LogP contribution in [0.25, 0.3) is 10.8 Å². The highest BCUT2D eigenvalue weighted by Crippen LogP contribution is 2.17. The number of benzene rings is 2. The maximum absolute atomic E-state index is 12.2. The quantitative estimate of drug-likeness (QED) is 0.872. The molecule has 0 saturated carbocycles. The summed E-state index contributed by atoms with van der Waals surface area (Å²) in [7, 11) is -3.31. The maximum Gasteiger partial charge on any atom is 0.215 e. The number of hydrogen-bond donors (Lipinski definition) is 1. The molecule has 1 aliphatic rings. The molecule has 1 heterocycles. The summed E-state index contributed by atoms with van der Waals surface area (Å²) in [5, 5.41) is 2.18. The van der Waals surface area contributed by atoms with Crippen molar-refractivity contribution in [3.63, 3.8) is 0 Å². The second-order valence-electron chi connectivity index (χ2n) is 5.79. The van der Waals surface area contributed by atoms with Gasteiger partial charge in [-0.15, -0.1) is 0 Å². The number of hydrogen-bond acceptors (Lipinski definition) is 4. The minimum atomic E-state index is -3.31. The molecule has 124 valence electrons. The summed E-state index contributed by atoms with van der Waals surface area (Å²) in [4.78, 5) is 2.21. The zero-order valence-electron chi connectivity index (χ0n) is 13.1. The van der Waals surface area contributed by atoms with Crippen LogP contribution in [0, 0.1) is 0 Å². The Hall–Kier alpha value is -1.47. The van der Waals surface area contributed by atoms with Crippen LogP contribution < -0.4 is 4.72 Å². The van der Waals surface area contributed by atoms with Gasteiger partial charge in [-0.25, -0.2) is 13.1 Å². The minimum absolute atomic E-state index is 0.0148. The first-order valence-electron chi connectivity index (χ1n) is 7.87. The Balaban J connectivity index is 1.56. The number of nitrogens with zero attached hydrogens (tertiary/aromatic N) is 1. The van der Waals surface area contributed by atoms with E-state index in [0.29, 0.717) is 6.54 Å². The summed E-state index contributed by atoms with van der Waals surface area (Å²) in [5.41, 5.74) is 0.808. The number of morpholine rings is 1. The highest BCUT2D eigenvalue weighted by atomic mass is 32.2. The lowest BCUT2D eigenvalue weighted by molar-refractivity contribution is 0.0390. The van der Waals surface area contributed by atoms with E-state index in [4.69, 9.17) is 4.74 Å². The SMILES string of the molecule is O=S(=O)(Cc1ccc2ccccc2c1)NCCN1CCOCC1. The van der Waals surface area contributed by atoms with Crippen LogP contribution in [0.15, 0.2) is 42.5 Å². The molecular formula is C17H22N2O3S. The van der Waals surface area contributed by atoms with E-state index < -0.39 is 10.0 Å². The number of ether oxygens (including phenoxy) is 1. The number of sulfonamides is 1. The molecule has 1 saturated heterocycles. The molecule has 0 amide bonds. The highest BCUT2D eigenvalue weighted by Gasteiger charge is 2.14. The van der Waals surface area contributed by atoms with E-state index >= 15 is 0 Å². The van der Waals surface area contributed by atoms with Gasteiger partial charge in [-0.2, -0.15) is 0 Å². The molecule has 0 aliphatic carbocycles. The molecule has 1 aliphatic heterocycles. The van der Waals surface area contributed by atoms with Gasteiger partial charge >= 0.3 is 0 Å². The van der Waals surface area contributed by atoms with Crippen molar-refractivity contribution in [2.24, 2.45) is 0 Å². The highest BCUT2D eigenvalue weighted by molar-refractivity contribution is 7.88. The predicted molar refractivity (Wildman–Crippen MR) is 91.8 cm³/mol. The lowest BCUT2D eigenvalue weighted by Gasteiger charge is -2.26. The van der Waals surface area contributed by atoms with Crippen LogP contribution >= 0.6 is 0 Å². The standard InChI is InChI=1S/C17H22N2O3S/c20-23(21,18-7-8-19-9-11-22-12-10-19)14-15-5-6-16-3-1-2-4-17(16)13-15/h1-6,13,18H,7-12,14H2. The van der Waals surface area contributed by atoms with Gasteiger partial charge in [0, 0.05) is 26.2 Å². The Morgan fingerprint density at radius 2 is 1.78 bits per heavy atom. The van der Waals surface area contributed by atoms with Gasteiger partial charge in [0.1, 0.15) is 0 Å². The molecule has 0 spiro atoms. The topological polar surface area (TPSA) is 58.6 Å². The van der Waals surface area contributed by atoms with E-state index in [-0.39, 0.29) is 5.75 Å². The average molecular weight is 334 g/mol. The van der Waals surface area contributed by atoms with Crippen LogP contribution in [0.2, 0.25) is 0 Å². The Morgan fingerprint density at radius 3 is 2.57 bits per heavy atom. The van der Waals surface area contributed by atoms with Gasteiger partial charge in [-0.1, -0.05) is 42.5 Å². The zero-order chi connectivity index (χ0) is 16.1. The van der Waals surface area contributed by atoms with Gasteiger partial charge in [0.15, 0.2) is 0 Å². The number of fused-ring (bicyclic) bond motifs is 1. The van der Waals surface area contributed by atoms with Crippen molar-refractivity contribution in [1.29, 1.82) is 0 Å². The third-order valence-corrected chi connectivity index (χ3v) is 5.38. The molecule has 3 rings (SSSR count). The molecule has 23 heavy (non-hydrogen) atoms. The number of rotatable bonds is 6. The van der Waals surface area contributed by atoms with Crippen LogP contribution in [-0.4, -0.2) is 52.7 Å². The van der Waals surface area contributed by atoms with Crippen molar-refractivity contribution in [3.05, 3.63) is 48.0 Å². The fraction of sp³-hybridized carbons (Fsp3) is 0.412. The van der Waals surface area contributed by atoms with Crippen LogP contribution in [0.3, 0.4) is 0 Å². The molecule has 6 heteroatoms. The van der Waals surface area contributed by atoms with Crippen molar-refractivity contribution in [3.8, 4) is 0 Å². The molecule has 0 bridgehead atoms. The first-order chi connectivity index (χ1) is 11.1. The summed E-state index contributed by atoms with van der Waals surface area (Å²) in [6.45, 7) is 4.35. The molecule has 5 nitrogen and oxygen atoms in total. The van der Waals surface area contributed by atoms with Crippen molar-refractivity contribution < 1.29 is 13.2 Å². The summed E-state index contributed by atoms with van der Waals surface area (Å²) in [6.07, 6.45) is 0. The van der Waals surface area contributed by atoms with E-state index in [0.717, 1.165) is 49.2 Å². The van der Waals surface area contributed by atoms with Gasteiger partial charge in [-0.3, -0.25) is 4.90 Å². The lowest BCUT2D eigenvalue weighted by atomic mass is 10.1. The Bertz CT molecular complexity index is 755. The zero-order valence-corrected chi connectivity index (χ0v) is 13.9. The Labute approximate surface area is 137 Å².